The van der Waals surface area contributed by atoms with Crippen molar-refractivity contribution in [2.45, 2.75) is 40.3 Å². The molecule has 0 saturated heterocycles. The Morgan fingerprint density at radius 3 is 2.61 bits per heavy atom. The molecule has 1 atom stereocenters. The number of aromatic nitrogens is 3. The second-order valence-electron chi connectivity index (χ2n) is 4.68. The van der Waals surface area contributed by atoms with Gasteiger partial charge in [-0.2, -0.15) is 5.10 Å². The summed E-state index contributed by atoms with van der Waals surface area (Å²) in [4.78, 5) is 4.23. The molecule has 18 heavy (non-hydrogen) atoms. The predicted octanol–water partition coefficient (Wildman–Crippen LogP) is 2.18. The van der Waals surface area contributed by atoms with E-state index in [1.807, 2.05) is 32.5 Å². The second-order valence-corrected chi connectivity index (χ2v) is 4.68. The molecule has 0 radical (unpaired) electrons. The van der Waals surface area contributed by atoms with Gasteiger partial charge >= 0.3 is 0 Å². The molecule has 0 amide bonds. The number of rotatable bonds is 4. The summed E-state index contributed by atoms with van der Waals surface area (Å²) in [6.07, 6.45) is 1.74. The summed E-state index contributed by atoms with van der Waals surface area (Å²) in [6.45, 7) is 8.83. The molecule has 2 aromatic rings. The quantitative estimate of drug-likeness (QED) is 0.901. The first-order valence-electron chi connectivity index (χ1n) is 6.13. The SMILES string of the molecule is Cc1cnc(C(C)NCc2c(C)nn(C)c2C)o1. The van der Waals surface area contributed by atoms with E-state index in [1.165, 1.54) is 11.3 Å². The first-order valence-corrected chi connectivity index (χ1v) is 6.13. The van der Waals surface area contributed by atoms with Crippen LogP contribution in [-0.2, 0) is 13.6 Å². The molecule has 0 aliphatic carbocycles. The summed E-state index contributed by atoms with van der Waals surface area (Å²) in [5.74, 6) is 1.57. The van der Waals surface area contributed by atoms with E-state index in [9.17, 15) is 0 Å². The van der Waals surface area contributed by atoms with E-state index < -0.39 is 0 Å². The van der Waals surface area contributed by atoms with Crippen LogP contribution in [0, 0.1) is 20.8 Å². The van der Waals surface area contributed by atoms with Gasteiger partial charge in [-0.3, -0.25) is 4.68 Å². The van der Waals surface area contributed by atoms with Crippen molar-refractivity contribution in [3.8, 4) is 0 Å². The van der Waals surface area contributed by atoms with E-state index in [0.717, 1.165) is 23.9 Å². The molecule has 5 nitrogen and oxygen atoms in total. The van der Waals surface area contributed by atoms with Crippen molar-refractivity contribution in [1.29, 1.82) is 0 Å². The summed E-state index contributed by atoms with van der Waals surface area (Å²) in [6, 6.07) is 0.0951. The average Bonchev–Trinajstić information content (AvgIpc) is 2.83. The average molecular weight is 248 g/mol. The Hall–Kier alpha value is -1.62. The van der Waals surface area contributed by atoms with Gasteiger partial charge in [0.25, 0.3) is 0 Å². The van der Waals surface area contributed by atoms with Gasteiger partial charge in [-0.1, -0.05) is 0 Å². The van der Waals surface area contributed by atoms with Crippen LogP contribution in [0.3, 0.4) is 0 Å². The molecule has 2 heterocycles. The van der Waals surface area contributed by atoms with Crippen LogP contribution in [-0.4, -0.2) is 14.8 Å². The fourth-order valence-electron chi connectivity index (χ4n) is 1.99. The Kier molecular flexibility index (Phi) is 3.52. The second kappa shape index (κ2) is 4.94. The zero-order chi connectivity index (χ0) is 13.3. The molecule has 2 rings (SSSR count). The van der Waals surface area contributed by atoms with Gasteiger partial charge in [0.2, 0.25) is 5.89 Å². The Balaban J connectivity index is 2.03. The maximum Gasteiger partial charge on any atom is 0.211 e. The lowest BCUT2D eigenvalue weighted by Crippen LogP contribution is -2.19. The maximum atomic E-state index is 5.50. The van der Waals surface area contributed by atoms with E-state index in [0.29, 0.717) is 0 Å². The van der Waals surface area contributed by atoms with Gasteiger partial charge in [-0.15, -0.1) is 0 Å². The molecule has 0 aliphatic rings. The van der Waals surface area contributed by atoms with Crippen LogP contribution in [0.15, 0.2) is 10.6 Å². The largest absolute Gasteiger partial charge is 0.444 e. The third-order valence-electron chi connectivity index (χ3n) is 3.25. The number of nitrogens with zero attached hydrogens (tertiary/aromatic N) is 3. The molecule has 0 fully saturated rings. The van der Waals surface area contributed by atoms with Gasteiger partial charge in [0.1, 0.15) is 5.76 Å². The highest BCUT2D eigenvalue weighted by atomic mass is 16.4. The van der Waals surface area contributed by atoms with Crippen LogP contribution < -0.4 is 5.32 Å². The first kappa shape index (κ1) is 12.8. The summed E-state index contributed by atoms with van der Waals surface area (Å²) < 4.78 is 7.41. The zero-order valence-corrected chi connectivity index (χ0v) is 11.6. The Labute approximate surface area is 107 Å². The van der Waals surface area contributed by atoms with Crippen molar-refractivity contribution in [2.75, 3.05) is 0 Å². The van der Waals surface area contributed by atoms with Crippen LogP contribution in [0.1, 0.15) is 41.6 Å². The van der Waals surface area contributed by atoms with Crippen molar-refractivity contribution in [1.82, 2.24) is 20.1 Å². The van der Waals surface area contributed by atoms with Crippen LogP contribution in [0.4, 0.5) is 0 Å². The van der Waals surface area contributed by atoms with E-state index >= 15 is 0 Å². The summed E-state index contributed by atoms with van der Waals surface area (Å²) in [5, 5.41) is 7.82. The normalized spacial score (nSPS) is 12.9. The predicted molar refractivity (Wildman–Crippen MR) is 69.2 cm³/mol. The molecule has 0 aliphatic heterocycles. The minimum atomic E-state index is 0.0951. The minimum Gasteiger partial charge on any atom is -0.444 e. The van der Waals surface area contributed by atoms with Crippen LogP contribution in [0.5, 0.6) is 0 Å². The first-order chi connectivity index (χ1) is 8.49. The van der Waals surface area contributed by atoms with Gasteiger partial charge < -0.3 is 9.73 Å². The fourth-order valence-corrected chi connectivity index (χ4v) is 1.99. The highest BCUT2D eigenvalue weighted by Crippen LogP contribution is 2.15. The van der Waals surface area contributed by atoms with Gasteiger partial charge in [-0.05, 0) is 27.7 Å². The highest BCUT2D eigenvalue weighted by Gasteiger charge is 2.14. The lowest BCUT2D eigenvalue weighted by molar-refractivity contribution is 0.402. The monoisotopic (exact) mass is 248 g/mol. The third kappa shape index (κ3) is 2.46. The fraction of sp³-hybridized carbons (Fsp3) is 0.538. The molecule has 1 unspecified atom stereocenters. The van der Waals surface area contributed by atoms with Crippen LogP contribution in [0.2, 0.25) is 0 Å². The van der Waals surface area contributed by atoms with E-state index in [1.54, 1.807) is 6.20 Å². The molecular formula is C13H20N4O. The van der Waals surface area contributed by atoms with Crippen molar-refractivity contribution in [3.63, 3.8) is 0 Å². The highest BCUT2D eigenvalue weighted by molar-refractivity contribution is 5.24. The topological polar surface area (TPSA) is 55.9 Å². The lowest BCUT2D eigenvalue weighted by atomic mass is 10.2. The molecule has 98 valence electrons. The summed E-state index contributed by atoms with van der Waals surface area (Å²) in [5.41, 5.74) is 3.50. The molecule has 0 aromatic carbocycles. The smallest absolute Gasteiger partial charge is 0.211 e. The Morgan fingerprint density at radius 2 is 2.11 bits per heavy atom. The number of hydrogen-bond donors (Lipinski definition) is 1. The maximum absolute atomic E-state index is 5.50. The molecule has 0 bridgehead atoms. The molecule has 1 N–H and O–H groups in total. The van der Waals surface area contributed by atoms with Crippen molar-refractivity contribution in [2.24, 2.45) is 7.05 Å². The van der Waals surface area contributed by atoms with E-state index in [4.69, 9.17) is 4.42 Å². The molecular weight excluding hydrogens is 228 g/mol. The minimum absolute atomic E-state index is 0.0951. The number of oxazole rings is 1. The van der Waals surface area contributed by atoms with Gasteiger partial charge in [0.15, 0.2) is 0 Å². The van der Waals surface area contributed by atoms with Gasteiger partial charge in [-0.25, -0.2) is 4.98 Å². The Bertz CT molecular complexity index is 541. The van der Waals surface area contributed by atoms with E-state index in [-0.39, 0.29) is 6.04 Å². The summed E-state index contributed by atoms with van der Waals surface area (Å²) >= 11 is 0. The molecule has 0 saturated carbocycles. The van der Waals surface area contributed by atoms with Crippen molar-refractivity contribution in [3.05, 3.63) is 34.8 Å². The lowest BCUT2D eigenvalue weighted by Gasteiger charge is -2.10. The standard InChI is InChI=1S/C13H20N4O/c1-8-6-15-13(18-8)10(3)14-7-12-9(2)16-17(5)11(12)4/h6,10,14H,7H2,1-5H3. The molecule has 5 heteroatoms. The number of nitrogens with one attached hydrogen (secondary N) is 1. The molecule has 0 spiro atoms. The van der Waals surface area contributed by atoms with Gasteiger partial charge in [0, 0.05) is 24.8 Å². The van der Waals surface area contributed by atoms with Crippen molar-refractivity contribution < 1.29 is 4.42 Å². The van der Waals surface area contributed by atoms with Crippen molar-refractivity contribution >= 4 is 0 Å². The van der Waals surface area contributed by atoms with Crippen LogP contribution >= 0.6 is 0 Å². The van der Waals surface area contributed by atoms with Gasteiger partial charge in [0.05, 0.1) is 17.9 Å². The summed E-state index contributed by atoms with van der Waals surface area (Å²) in [7, 11) is 1.96. The Morgan fingerprint density at radius 1 is 1.39 bits per heavy atom. The number of hydrogen-bond acceptors (Lipinski definition) is 4. The third-order valence-corrected chi connectivity index (χ3v) is 3.25. The molecule has 2 aromatic heterocycles. The number of aryl methyl sites for hydroxylation is 3. The van der Waals surface area contributed by atoms with E-state index in [2.05, 4.69) is 22.3 Å². The van der Waals surface area contributed by atoms with Crippen LogP contribution in [0.25, 0.3) is 0 Å². The zero-order valence-electron chi connectivity index (χ0n) is 11.6.